The van der Waals surface area contributed by atoms with Gasteiger partial charge < -0.3 is 14.8 Å². The van der Waals surface area contributed by atoms with Crippen LogP contribution in [0.2, 0.25) is 0 Å². The van der Waals surface area contributed by atoms with Gasteiger partial charge in [0.15, 0.2) is 11.5 Å². The van der Waals surface area contributed by atoms with Gasteiger partial charge in [0, 0.05) is 13.0 Å². The van der Waals surface area contributed by atoms with Gasteiger partial charge in [0.25, 0.3) is 0 Å². The van der Waals surface area contributed by atoms with Crippen LogP contribution in [0, 0.1) is 12.3 Å². The van der Waals surface area contributed by atoms with Gasteiger partial charge in [-0.3, -0.25) is 0 Å². The van der Waals surface area contributed by atoms with Crippen molar-refractivity contribution in [1.82, 2.24) is 5.32 Å². The molecular weight excluding hydrogens is 238 g/mol. The first-order chi connectivity index (χ1) is 9.31. The van der Waals surface area contributed by atoms with Crippen LogP contribution in [0.1, 0.15) is 31.7 Å². The third-order valence-electron chi connectivity index (χ3n) is 2.71. The number of rotatable bonds is 9. The largest absolute Gasteiger partial charge is 0.493 e. The Bertz CT molecular complexity index is 410. The molecule has 0 fully saturated rings. The Hall–Kier alpha value is -1.66. The first-order valence-corrected chi connectivity index (χ1v) is 6.75. The number of unbranched alkanes of at least 4 members (excludes halogenated alkanes) is 1. The molecule has 1 rings (SSSR count). The summed E-state index contributed by atoms with van der Waals surface area (Å²) in [6.07, 6.45) is 7.94. The lowest BCUT2D eigenvalue weighted by Crippen LogP contribution is -2.13. The molecule has 19 heavy (non-hydrogen) atoms. The highest BCUT2D eigenvalue weighted by Gasteiger charge is 2.05. The number of nitrogens with one attached hydrogen (secondary N) is 1. The Morgan fingerprint density at radius 3 is 2.84 bits per heavy atom. The van der Waals surface area contributed by atoms with Crippen molar-refractivity contribution in [3.63, 3.8) is 0 Å². The van der Waals surface area contributed by atoms with E-state index >= 15 is 0 Å². The maximum absolute atomic E-state index is 5.73. The second kappa shape index (κ2) is 9.29. The van der Waals surface area contributed by atoms with Crippen LogP contribution in [0.25, 0.3) is 0 Å². The third kappa shape index (κ3) is 5.67. The monoisotopic (exact) mass is 261 g/mol. The number of hydrogen-bond acceptors (Lipinski definition) is 3. The Labute approximate surface area is 116 Å². The van der Waals surface area contributed by atoms with Crippen molar-refractivity contribution in [2.75, 3.05) is 20.3 Å². The van der Waals surface area contributed by atoms with Crippen LogP contribution in [0.15, 0.2) is 18.2 Å². The molecule has 0 amide bonds. The van der Waals surface area contributed by atoms with Crippen LogP contribution in [-0.4, -0.2) is 20.3 Å². The molecule has 1 aromatic rings. The molecule has 3 heteroatoms. The van der Waals surface area contributed by atoms with E-state index in [1.807, 2.05) is 12.1 Å². The van der Waals surface area contributed by atoms with Gasteiger partial charge >= 0.3 is 0 Å². The fraction of sp³-hybridized carbons (Fsp3) is 0.500. The second-order valence-corrected chi connectivity index (χ2v) is 4.32. The SMILES string of the molecule is C#CCCCOc1cc(CNCCC)ccc1OC. The summed E-state index contributed by atoms with van der Waals surface area (Å²) in [7, 11) is 1.65. The van der Waals surface area contributed by atoms with E-state index in [1.54, 1.807) is 7.11 Å². The molecule has 0 radical (unpaired) electrons. The highest BCUT2D eigenvalue weighted by atomic mass is 16.5. The fourth-order valence-corrected chi connectivity index (χ4v) is 1.71. The van der Waals surface area contributed by atoms with Crippen LogP contribution in [0.5, 0.6) is 11.5 Å². The van der Waals surface area contributed by atoms with Crippen LogP contribution in [0.3, 0.4) is 0 Å². The molecule has 0 saturated heterocycles. The minimum Gasteiger partial charge on any atom is -0.493 e. The van der Waals surface area contributed by atoms with E-state index in [0.717, 1.165) is 43.9 Å². The van der Waals surface area contributed by atoms with Gasteiger partial charge in [-0.1, -0.05) is 13.0 Å². The van der Waals surface area contributed by atoms with Gasteiger partial charge in [-0.2, -0.15) is 0 Å². The summed E-state index contributed by atoms with van der Waals surface area (Å²) in [5.74, 6) is 4.16. The van der Waals surface area contributed by atoms with Gasteiger partial charge in [-0.15, -0.1) is 12.3 Å². The summed E-state index contributed by atoms with van der Waals surface area (Å²) in [4.78, 5) is 0. The summed E-state index contributed by atoms with van der Waals surface area (Å²) in [6, 6.07) is 6.02. The zero-order valence-corrected chi connectivity index (χ0v) is 11.9. The molecule has 1 N–H and O–H groups in total. The molecule has 0 aliphatic heterocycles. The van der Waals surface area contributed by atoms with Crippen molar-refractivity contribution in [1.29, 1.82) is 0 Å². The third-order valence-corrected chi connectivity index (χ3v) is 2.71. The quantitative estimate of drug-likeness (QED) is 0.547. The van der Waals surface area contributed by atoms with Crippen LogP contribution in [0.4, 0.5) is 0 Å². The fourth-order valence-electron chi connectivity index (χ4n) is 1.71. The second-order valence-electron chi connectivity index (χ2n) is 4.32. The van der Waals surface area contributed by atoms with Crippen molar-refractivity contribution in [3.05, 3.63) is 23.8 Å². The van der Waals surface area contributed by atoms with Crippen molar-refractivity contribution in [2.45, 2.75) is 32.7 Å². The lowest BCUT2D eigenvalue weighted by atomic mass is 10.2. The summed E-state index contributed by atoms with van der Waals surface area (Å²) in [5, 5.41) is 3.37. The average Bonchev–Trinajstić information content (AvgIpc) is 2.44. The van der Waals surface area contributed by atoms with Crippen molar-refractivity contribution in [3.8, 4) is 23.8 Å². The molecule has 0 heterocycles. The topological polar surface area (TPSA) is 30.5 Å². The molecule has 0 aliphatic carbocycles. The van der Waals surface area contributed by atoms with Crippen LogP contribution in [-0.2, 0) is 6.54 Å². The van der Waals surface area contributed by atoms with Gasteiger partial charge in [0.05, 0.1) is 13.7 Å². The molecule has 0 spiro atoms. The summed E-state index contributed by atoms with van der Waals surface area (Å²) >= 11 is 0. The first-order valence-electron chi connectivity index (χ1n) is 6.75. The highest BCUT2D eigenvalue weighted by Crippen LogP contribution is 2.28. The number of ether oxygens (including phenoxy) is 2. The summed E-state index contributed by atoms with van der Waals surface area (Å²) < 4.78 is 11.0. The smallest absolute Gasteiger partial charge is 0.161 e. The van der Waals surface area contributed by atoms with Gasteiger partial charge in [-0.25, -0.2) is 0 Å². The van der Waals surface area contributed by atoms with Crippen LogP contribution >= 0.6 is 0 Å². The van der Waals surface area contributed by atoms with Gasteiger partial charge in [0.1, 0.15) is 0 Å². The predicted octanol–water partition coefficient (Wildman–Crippen LogP) is 2.99. The lowest BCUT2D eigenvalue weighted by molar-refractivity contribution is 0.290. The van der Waals surface area contributed by atoms with E-state index in [2.05, 4.69) is 24.2 Å². The maximum atomic E-state index is 5.73. The summed E-state index contributed by atoms with van der Waals surface area (Å²) in [6.45, 7) is 4.64. The lowest BCUT2D eigenvalue weighted by Gasteiger charge is -2.12. The molecular formula is C16H23NO2. The molecule has 3 nitrogen and oxygen atoms in total. The Morgan fingerprint density at radius 1 is 1.32 bits per heavy atom. The van der Waals surface area contributed by atoms with E-state index in [-0.39, 0.29) is 0 Å². The Kier molecular flexibility index (Phi) is 7.53. The summed E-state index contributed by atoms with van der Waals surface area (Å²) in [5.41, 5.74) is 1.20. The van der Waals surface area contributed by atoms with Crippen molar-refractivity contribution >= 4 is 0 Å². The number of terminal acetylenes is 1. The molecule has 0 bridgehead atoms. The standard InChI is InChI=1S/C16H23NO2/c1-4-6-7-11-19-16-12-14(13-17-10-5-2)8-9-15(16)18-3/h1,8-9,12,17H,5-7,10-11,13H2,2-3H3. The Balaban J connectivity index is 2.59. The average molecular weight is 261 g/mol. The minimum atomic E-state index is 0.617. The molecule has 0 aromatic heterocycles. The number of hydrogen-bond donors (Lipinski definition) is 1. The zero-order chi connectivity index (χ0) is 13.9. The highest BCUT2D eigenvalue weighted by molar-refractivity contribution is 5.42. The zero-order valence-electron chi connectivity index (χ0n) is 11.9. The van der Waals surface area contributed by atoms with Crippen molar-refractivity contribution in [2.24, 2.45) is 0 Å². The van der Waals surface area contributed by atoms with E-state index in [1.165, 1.54) is 5.56 Å². The molecule has 0 unspecified atom stereocenters. The van der Waals surface area contributed by atoms with E-state index in [4.69, 9.17) is 15.9 Å². The van der Waals surface area contributed by atoms with Crippen LogP contribution < -0.4 is 14.8 Å². The van der Waals surface area contributed by atoms with E-state index < -0.39 is 0 Å². The van der Waals surface area contributed by atoms with E-state index in [9.17, 15) is 0 Å². The maximum Gasteiger partial charge on any atom is 0.161 e. The van der Waals surface area contributed by atoms with Gasteiger partial charge in [-0.05, 0) is 37.1 Å². The first kappa shape index (κ1) is 15.4. The van der Waals surface area contributed by atoms with Gasteiger partial charge in [0.2, 0.25) is 0 Å². The Morgan fingerprint density at radius 2 is 2.16 bits per heavy atom. The molecule has 0 saturated carbocycles. The predicted molar refractivity (Wildman–Crippen MR) is 78.6 cm³/mol. The molecule has 104 valence electrons. The molecule has 1 aromatic carbocycles. The number of benzene rings is 1. The number of methoxy groups -OCH3 is 1. The molecule has 0 aliphatic rings. The minimum absolute atomic E-state index is 0.617. The van der Waals surface area contributed by atoms with Crippen molar-refractivity contribution < 1.29 is 9.47 Å². The van der Waals surface area contributed by atoms with E-state index in [0.29, 0.717) is 6.61 Å². The normalized spacial score (nSPS) is 9.95. The molecule has 0 atom stereocenters.